The van der Waals surface area contributed by atoms with Crippen LogP contribution in [-0.2, 0) is 14.6 Å². The van der Waals surface area contributed by atoms with Crippen LogP contribution in [0.4, 0.5) is 5.82 Å². The fourth-order valence-electron chi connectivity index (χ4n) is 4.78. The lowest BCUT2D eigenvalue weighted by molar-refractivity contribution is -0.133. The van der Waals surface area contributed by atoms with Crippen LogP contribution in [0.5, 0.6) is 0 Å². The first-order chi connectivity index (χ1) is 16.7. The van der Waals surface area contributed by atoms with E-state index in [1.807, 2.05) is 32.2 Å². The highest BCUT2D eigenvalue weighted by Gasteiger charge is 2.29. The molecule has 1 atom stereocenters. The van der Waals surface area contributed by atoms with Crippen molar-refractivity contribution in [1.82, 2.24) is 14.3 Å². The number of nitrogens with zero attached hydrogens (tertiary/aromatic N) is 4. The second kappa shape index (κ2) is 9.17. The summed E-state index contributed by atoms with van der Waals surface area (Å²) in [5.74, 6) is 0.693. The minimum absolute atomic E-state index is 0.0377. The third kappa shape index (κ3) is 4.73. The molecule has 7 nitrogen and oxygen atoms in total. The lowest BCUT2D eigenvalue weighted by Crippen LogP contribution is -2.54. The number of anilines is 1. The van der Waals surface area contributed by atoms with Crippen molar-refractivity contribution in [2.75, 3.05) is 30.3 Å². The van der Waals surface area contributed by atoms with Gasteiger partial charge < -0.3 is 9.80 Å². The summed E-state index contributed by atoms with van der Waals surface area (Å²) in [5.41, 5.74) is 1.85. The Morgan fingerprint density at radius 2 is 1.86 bits per heavy atom. The molecule has 4 aromatic rings. The van der Waals surface area contributed by atoms with Crippen molar-refractivity contribution in [3.05, 3.63) is 71.5 Å². The zero-order chi connectivity index (χ0) is 24.7. The molecule has 0 spiro atoms. The maximum absolute atomic E-state index is 13.0. The van der Waals surface area contributed by atoms with Crippen molar-refractivity contribution in [2.24, 2.45) is 0 Å². The van der Waals surface area contributed by atoms with Crippen molar-refractivity contribution < 1.29 is 13.2 Å². The largest absolute Gasteiger partial charge is 0.354 e. The highest BCUT2D eigenvalue weighted by Crippen LogP contribution is 2.25. The number of sulfone groups is 1. The van der Waals surface area contributed by atoms with E-state index in [-0.39, 0.29) is 29.0 Å². The molecule has 1 saturated heterocycles. The zero-order valence-electron chi connectivity index (χ0n) is 19.7. The molecule has 2 aromatic carbocycles. The molecule has 1 unspecified atom stereocenters. The number of aryl methyl sites for hydroxylation is 1. The minimum atomic E-state index is -3.59. The van der Waals surface area contributed by atoms with Crippen LogP contribution in [0, 0.1) is 6.92 Å². The Morgan fingerprint density at radius 1 is 1.09 bits per heavy atom. The van der Waals surface area contributed by atoms with Crippen LogP contribution in [0.25, 0.3) is 16.4 Å². The van der Waals surface area contributed by atoms with Gasteiger partial charge in [0.2, 0.25) is 5.91 Å². The third-order valence-electron chi connectivity index (χ3n) is 6.58. The minimum Gasteiger partial charge on any atom is -0.354 e. The van der Waals surface area contributed by atoms with Crippen LogP contribution >= 0.6 is 11.6 Å². The van der Waals surface area contributed by atoms with Crippen LogP contribution in [0.1, 0.15) is 19.0 Å². The van der Waals surface area contributed by atoms with Gasteiger partial charge in [0.15, 0.2) is 9.84 Å². The maximum atomic E-state index is 13.0. The number of hydrogen-bond donors (Lipinski definition) is 0. The van der Waals surface area contributed by atoms with E-state index >= 15 is 0 Å². The molecular weight excluding hydrogens is 484 g/mol. The van der Waals surface area contributed by atoms with E-state index < -0.39 is 9.84 Å². The van der Waals surface area contributed by atoms with Crippen LogP contribution in [-0.4, -0.2) is 60.0 Å². The number of piperazine rings is 1. The second-order valence-corrected chi connectivity index (χ2v) is 11.6. The normalized spacial score (nSPS) is 16.8. The molecule has 9 heteroatoms. The molecule has 2 aromatic heterocycles. The van der Waals surface area contributed by atoms with Gasteiger partial charge in [0.25, 0.3) is 0 Å². The van der Waals surface area contributed by atoms with Gasteiger partial charge in [-0.25, -0.2) is 13.4 Å². The Kier molecular flexibility index (Phi) is 6.19. The first-order valence-electron chi connectivity index (χ1n) is 11.6. The number of halogens is 1. The molecule has 182 valence electrons. The van der Waals surface area contributed by atoms with E-state index in [2.05, 4.69) is 20.4 Å². The molecular formula is C26H27ClN4O3S. The predicted octanol–water partition coefficient (Wildman–Crippen LogP) is 4.35. The molecule has 0 aliphatic carbocycles. The van der Waals surface area contributed by atoms with Gasteiger partial charge in [-0.2, -0.15) is 0 Å². The van der Waals surface area contributed by atoms with E-state index in [1.165, 1.54) is 0 Å². The van der Waals surface area contributed by atoms with E-state index in [9.17, 15) is 13.2 Å². The number of hydrogen-bond acceptors (Lipinski definition) is 5. The van der Waals surface area contributed by atoms with E-state index in [4.69, 9.17) is 11.6 Å². The summed E-state index contributed by atoms with van der Waals surface area (Å²) in [6.45, 7) is 5.86. The monoisotopic (exact) mass is 510 g/mol. The van der Waals surface area contributed by atoms with E-state index in [0.717, 1.165) is 27.9 Å². The van der Waals surface area contributed by atoms with E-state index in [0.29, 0.717) is 24.7 Å². The fourth-order valence-corrected chi connectivity index (χ4v) is 6.22. The SMILES string of the molecule is Cc1cn2c(N3CCN(C(=O)CCS(=O)(=O)c4ccc5cc(Cl)ccc5c4)C(C)C3)cccc2n1. The molecule has 1 aliphatic heterocycles. The average Bonchev–Trinajstić information content (AvgIpc) is 3.22. The number of rotatable bonds is 5. The molecule has 0 saturated carbocycles. The van der Waals surface area contributed by atoms with Gasteiger partial charge in [0.1, 0.15) is 11.5 Å². The summed E-state index contributed by atoms with van der Waals surface area (Å²) in [6, 6.07) is 16.3. The van der Waals surface area contributed by atoms with Gasteiger partial charge in [-0.1, -0.05) is 29.8 Å². The smallest absolute Gasteiger partial charge is 0.223 e. The summed E-state index contributed by atoms with van der Waals surface area (Å²) >= 11 is 6.02. The summed E-state index contributed by atoms with van der Waals surface area (Å²) in [4.78, 5) is 21.8. The standard InChI is InChI=1S/C26H27ClN4O3S/c1-18-16-31-24(28-18)4-3-5-25(31)29-11-12-30(19(2)17-29)26(32)10-13-35(33,34)23-9-7-20-14-22(27)8-6-21(20)15-23/h3-9,14-16,19H,10-13,17H2,1-2H3. The Bertz CT molecular complexity index is 1530. The quantitative estimate of drug-likeness (QED) is 0.399. The molecule has 0 N–H and O–H groups in total. The molecule has 1 amide bonds. The fraction of sp³-hybridized carbons (Fsp3) is 0.308. The van der Waals surface area contributed by atoms with Crippen LogP contribution in [0.15, 0.2) is 65.7 Å². The van der Waals surface area contributed by atoms with Gasteiger partial charge >= 0.3 is 0 Å². The van der Waals surface area contributed by atoms with Crippen molar-refractivity contribution in [1.29, 1.82) is 0 Å². The molecule has 5 rings (SSSR count). The number of carbonyl (C=O) groups excluding carboxylic acids is 1. The second-order valence-electron chi connectivity index (χ2n) is 9.10. The molecule has 1 fully saturated rings. The first kappa shape index (κ1) is 23.6. The van der Waals surface area contributed by atoms with Crippen LogP contribution in [0.2, 0.25) is 5.02 Å². The summed E-state index contributed by atoms with van der Waals surface area (Å²) < 4.78 is 28.0. The Hall–Kier alpha value is -3.10. The molecule has 35 heavy (non-hydrogen) atoms. The maximum Gasteiger partial charge on any atom is 0.223 e. The van der Waals surface area contributed by atoms with Gasteiger partial charge in [0.05, 0.1) is 16.3 Å². The molecule has 0 radical (unpaired) electrons. The molecule has 1 aliphatic rings. The first-order valence-corrected chi connectivity index (χ1v) is 13.7. The van der Waals surface area contributed by atoms with Crippen LogP contribution < -0.4 is 4.90 Å². The summed E-state index contributed by atoms with van der Waals surface area (Å²) in [6.07, 6.45) is 1.97. The number of aromatic nitrogens is 2. The van der Waals surface area contributed by atoms with Crippen molar-refractivity contribution in [2.45, 2.75) is 31.2 Å². The summed E-state index contributed by atoms with van der Waals surface area (Å²) in [7, 11) is -3.59. The third-order valence-corrected chi connectivity index (χ3v) is 8.53. The number of amides is 1. The van der Waals surface area contributed by atoms with Crippen LogP contribution in [0.3, 0.4) is 0 Å². The van der Waals surface area contributed by atoms with Gasteiger partial charge in [0, 0.05) is 43.3 Å². The Labute approximate surface area is 209 Å². The number of pyridine rings is 1. The van der Waals surface area contributed by atoms with Gasteiger partial charge in [-0.15, -0.1) is 0 Å². The number of benzene rings is 2. The number of carbonyl (C=O) groups is 1. The van der Waals surface area contributed by atoms with Gasteiger partial charge in [-0.05, 0) is 61.0 Å². The molecule has 3 heterocycles. The lowest BCUT2D eigenvalue weighted by atomic mass is 10.1. The zero-order valence-corrected chi connectivity index (χ0v) is 21.3. The van der Waals surface area contributed by atoms with Crippen molar-refractivity contribution in [3.63, 3.8) is 0 Å². The van der Waals surface area contributed by atoms with Crippen molar-refractivity contribution >= 4 is 49.6 Å². The highest BCUT2D eigenvalue weighted by molar-refractivity contribution is 7.91. The van der Waals surface area contributed by atoms with E-state index in [1.54, 1.807) is 41.3 Å². The van der Waals surface area contributed by atoms with Gasteiger partial charge in [-0.3, -0.25) is 9.20 Å². The lowest BCUT2D eigenvalue weighted by Gasteiger charge is -2.41. The Balaban J connectivity index is 1.24. The average molecular weight is 511 g/mol. The predicted molar refractivity (Wildman–Crippen MR) is 139 cm³/mol. The highest BCUT2D eigenvalue weighted by atomic mass is 35.5. The summed E-state index contributed by atoms with van der Waals surface area (Å²) in [5, 5.41) is 2.28. The topological polar surface area (TPSA) is 75.0 Å². The van der Waals surface area contributed by atoms with Crippen molar-refractivity contribution in [3.8, 4) is 0 Å². The Morgan fingerprint density at radius 3 is 2.66 bits per heavy atom. The number of fused-ring (bicyclic) bond motifs is 2. The number of imidazole rings is 1. The molecule has 0 bridgehead atoms.